The Labute approximate surface area is 202 Å². The summed E-state index contributed by atoms with van der Waals surface area (Å²) in [5.74, 6) is 0.741. The lowest BCUT2D eigenvalue weighted by atomic mass is 10.1. The van der Waals surface area contributed by atoms with Crippen molar-refractivity contribution in [2.24, 2.45) is 0 Å². The maximum Gasteiger partial charge on any atom is 0.268 e. The van der Waals surface area contributed by atoms with Crippen LogP contribution in [-0.4, -0.2) is 29.7 Å². The predicted octanol–water partition coefficient (Wildman–Crippen LogP) is 6.24. The van der Waals surface area contributed by atoms with E-state index in [1.165, 1.54) is 0 Å². The Morgan fingerprint density at radius 2 is 1.62 bits per heavy atom. The largest absolute Gasteiger partial charge is 0.485 e. The second-order valence-corrected chi connectivity index (χ2v) is 8.30. The minimum Gasteiger partial charge on any atom is -0.485 e. The summed E-state index contributed by atoms with van der Waals surface area (Å²) in [4.78, 5) is 27.1. The molecular formula is C29H33NO4. The summed E-state index contributed by atoms with van der Waals surface area (Å²) in [6, 6.07) is 24.4. The number of hydrogen-bond acceptors (Lipinski definition) is 4. The molecule has 34 heavy (non-hydrogen) atoms. The monoisotopic (exact) mass is 459 g/mol. The van der Waals surface area contributed by atoms with E-state index in [-0.39, 0.29) is 11.9 Å². The Hall–Kier alpha value is -3.60. The Morgan fingerprint density at radius 3 is 2.24 bits per heavy atom. The van der Waals surface area contributed by atoms with Gasteiger partial charge in [0.2, 0.25) is 6.10 Å². The average Bonchev–Trinajstić information content (AvgIpc) is 2.89. The van der Waals surface area contributed by atoms with Gasteiger partial charge < -0.3 is 14.4 Å². The van der Waals surface area contributed by atoms with Crippen LogP contribution in [-0.2, 0) is 11.4 Å². The van der Waals surface area contributed by atoms with E-state index in [4.69, 9.17) is 9.47 Å². The van der Waals surface area contributed by atoms with Crippen molar-refractivity contribution in [2.75, 3.05) is 6.54 Å². The van der Waals surface area contributed by atoms with Gasteiger partial charge in [-0.3, -0.25) is 9.59 Å². The van der Waals surface area contributed by atoms with Gasteiger partial charge in [-0.25, -0.2) is 0 Å². The molecule has 0 aliphatic rings. The number of amides is 1. The molecule has 0 spiro atoms. The van der Waals surface area contributed by atoms with Gasteiger partial charge in [-0.15, -0.1) is 0 Å². The first kappa shape index (κ1) is 25.0. The third-order valence-electron chi connectivity index (χ3n) is 5.78. The SMILES string of the molecule is CCCN(C(=O)C(Oc1cc(C=O)ccc1OCc1ccccc1)c1ccccc1)C(C)CC. The van der Waals surface area contributed by atoms with Crippen molar-refractivity contribution in [3.63, 3.8) is 0 Å². The maximum absolute atomic E-state index is 13.8. The first-order valence-corrected chi connectivity index (χ1v) is 11.8. The van der Waals surface area contributed by atoms with Crippen molar-refractivity contribution in [2.45, 2.75) is 52.4 Å². The van der Waals surface area contributed by atoms with Crippen LogP contribution < -0.4 is 9.47 Å². The van der Waals surface area contributed by atoms with E-state index in [1.54, 1.807) is 18.2 Å². The zero-order valence-electron chi connectivity index (χ0n) is 20.1. The zero-order chi connectivity index (χ0) is 24.3. The molecular weight excluding hydrogens is 426 g/mol. The molecule has 2 atom stereocenters. The van der Waals surface area contributed by atoms with E-state index < -0.39 is 6.10 Å². The fourth-order valence-corrected chi connectivity index (χ4v) is 3.72. The molecule has 3 rings (SSSR count). The van der Waals surface area contributed by atoms with E-state index in [0.29, 0.717) is 30.2 Å². The van der Waals surface area contributed by atoms with Crippen LogP contribution in [0.2, 0.25) is 0 Å². The molecule has 3 aromatic rings. The first-order valence-electron chi connectivity index (χ1n) is 11.8. The first-order chi connectivity index (χ1) is 16.6. The van der Waals surface area contributed by atoms with Crippen LogP contribution in [0.1, 0.15) is 61.2 Å². The van der Waals surface area contributed by atoms with Gasteiger partial charge >= 0.3 is 0 Å². The normalized spacial score (nSPS) is 12.4. The molecule has 0 bridgehead atoms. The third kappa shape index (κ3) is 6.47. The van der Waals surface area contributed by atoms with Crippen LogP contribution in [0.5, 0.6) is 11.5 Å². The van der Waals surface area contributed by atoms with Crippen LogP contribution in [0.25, 0.3) is 0 Å². The summed E-state index contributed by atoms with van der Waals surface area (Å²) in [7, 11) is 0. The lowest BCUT2D eigenvalue weighted by molar-refractivity contribution is -0.141. The van der Waals surface area contributed by atoms with Gasteiger partial charge in [0.25, 0.3) is 5.91 Å². The molecule has 1 amide bonds. The zero-order valence-corrected chi connectivity index (χ0v) is 20.1. The quantitative estimate of drug-likeness (QED) is 0.301. The fourth-order valence-electron chi connectivity index (χ4n) is 3.72. The predicted molar refractivity (Wildman–Crippen MR) is 134 cm³/mol. The molecule has 0 fully saturated rings. The summed E-state index contributed by atoms with van der Waals surface area (Å²) < 4.78 is 12.4. The molecule has 5 heteroatoms. The van der Waals surface area contributed by atoms with Crippen LogP contribution in [0, 0.1) is 0 Å². The van der Waals surface area contributed by atoms with Crippen molar-refractivity contribution in [1.29, 1.82) is 0 Å². The van der Waals surface area contributed by atoms with Gasteiger partial charge in [0.05, 0.1) is 0 Å². The number of ether oxygens (including phenoxy) is 2. The van der Waals surface area contributed by atoms with Gasteiger partial charge in [0, 0.05) is 23.7 Å². The number of carbonyl (C=O) groups excluding carboxylic acids is 2. The minimum absolute atomic E-state index is 0.0809. The Morgan fingerprint density at radius 1 is 0.941 bits per heavy atom. The second-order valence-electron chi connectivity index (χ2n) is 8.30. The molecule has 0 radical (unpaired) electrons. The van der Waals surface area contributed by atoms with Crippen molar-refractivity contribution in [3.05, 3.63) is 95.6 Å². The molecule has 0 N–H and O–H groups in total. The van der Waals surface area contributed by atoms with Crippen LogP contribution in [0.15, 0.2) is 78.9 Å². The van der Waals surface area contributed by atoms with Crippen LogP contribution >= 0.6 is 0 Å². The molecule has 0 aliphatic heterocycles. The summed E-state index contributed by atoms with van der Waals surface area (Å²) in [5, 5.41) is 0. The van der Waals surface area contributed by atoms with E-state index in [1.807, 2.05) is 65.6 Å². The number of nitrogens with zero attached hydrogens (tertiary/aromatic N) is 1. The van der Waals surface area contributed by atoms with Crippen LogP contribution in [0.4, 0.5) is 0 Å². The average molecular weight is 460 g/mol. The Balaban J connectivity index is 1.96. The topological polar surface area (TPSA) is 55.8 Å². The summed E-state index contributed by atoms with van der Waals surface area (Å²) in [5.41, 5.74) is 2.21. The van der Waals surface area contributed by atoms with Crippen molar-refractivity contribution in [3.8, 4) is 11.5 Å². The summed E-state index contributed by atoms with van der Waals surface area (Å²) in [6.07, 6.45) is 1.60. The molecule has 3 aromatic carbocycles. The molecule has 2 unspecified atom stereocenters. The van der Waals surface area contributed by atoms with E-state index in [2.05, 4.69) is 20.8 Å². The minimum atomic E-state index is -0.859. The maximum atomic E-state index is 13.8. The van der Waals surface area contributed by atoms with E-state index in [9.17, 15) is 9.59 Å². The van der Waals surface area contributed by atoms with Gasteiger partial charge in [-0.2, -0.15) is 0 Å². The molecule has 0 aliphatic carbocycles. The highest BCUT2D eigenvalue weighted by Gasteiger charge is 2.30. The highest BCUT2D eigenvalue weighted by Crippen LogP contribution is 2.34. The summed E-state index contributed by atoms with van der Waals surface area (Å²) >= 11 is 0. The highest BCUT2D eigenvalue weighted by molar-refractivity contribution is 5.83. The van der Waals surface area contributed by atoms with Gasteiger partial charge in [-0.05, 0) is 43.5 Å². The Kier molecular flexibility index (Phi) is 9.27. The standard InChI is InChI=1S/C29H33NO4/c1-4-18-30(22(3)5-2)29(32)28(25-14-10-7-11-15-25)34-27-19-24(20-31)16-17-26(27)33-21-23-12-8-6-9-13-23/h6-17,19-20,22,28H,4-5,18,21H2,1-3H3. The van der Waals surface area contributed by atoms with Crippen LogP contribution in [0.3, 0.4) is 0 Å². The van der Waals surface area contributed by atoms with Gasteiger partial charge in [-0.1, -0.05) is 74.5 Å². The smallest absolute Gasteiger partial charge is 0.268 e. The molecule has 0 saturated heterocycles. The molecule has 5 nitrogen and oxygen atoms in total. The van der Waals surface area contributed by atoms with Crippen molar-refractivity contribution in [1.82, 2.24) is 4.90 Å². The van der Waals surface area contributed by atoms with Gasteiger partial charge in [0.1, 0.15) is 12.9 Å². The van der Waals surface area contributed by atoms with E-state index >= 15 is 0 Å². The summed E-state index contributed by atoms with van der Waals surface area (Å²) in [6.45, 7) is 7.17. The van der Waals surface area contributed by atoms with Crippen molar-refractivity contribution < 1.29 is 19.1 Å². The lowest BCUT2D eigenvalue weighted by Crippen LogP contribution is -2.43. The third-order valence-corrected chi connectivity index (χ3v) is 5.78. The number of aldehydes is 1. The number of hydrogen-bond donors (Lipinski definition) is 0. The van der Waals surface area contributed by atoms with Crippen molar-refractivity contribution >= 4 is 12.2 Å². The second kappa shape index (κ2) is 12.6. The fraction of sp³-hybridized carbons (Fsp3) is 0.310. The molecule has 178 valence electrons. The number of carbonyl (C=O) groups is 2. The Bertz CT molecular complexity index is 1050. The molecule has 0 heterocycles. The lowest BCUT2D eigenvalue weighted by Gasteiger charge is -2.32. The van der Waals surface area contributed by atoms with Gasteiger partial charge in [0.15, 0.2) is 11.5 Å². The van der Waals surface area contributed by atoms with E-state index in [0.717, 1.165) is 30.3 Å². The molecule has 0 saturated carbocycles. The molecule has 0 aromatic heterocycles. The highest BCUT2D eigenvalue weighted by atomic mass is 16.5. The number of benzene rings is 3. The number of rotatable bonds is 12.